The van der Waals surface area contributed by atoms with E-state index in [0.29, 0.717) is 12.0 Å². The predicted molar refractivity (Wildman–Crippen MR) is 140 cm³/mol. The minimum Gasteiger partial charge on any atom is -0.483 e. The van der Waals surface area contributed by atoms with Crippen LogP contribution in [0.2, 0.25) is 0 Å². The normalized spacial score (nSPS) is 24.2. The van der Waals surface area contributed by atoms with Gasteiger partial charge in [-0.25, -0.2) is 4.98 Å². The summed E-state index contributed by atoms with van der Waals surface area (Å²) >= 11 is 0. The lowest BCUT2D eigenvalue weighted by Crippen LogP contribution is -2.51. The molecule has 1 amide bonds. The Morgan fingerprint density at radius 2 is 2.00 bits per heavy atom. The average molecular weight is 490 g/mol. The first-order chi connectivity index (χ1) is 17.5. The molecule has 8 heteroatoms. The number of ether oxygens (including phenoxy) is 2. The zero-order chi connectivity index (χ0) is 24.8. The van der Waals surface area contributed by atoms with Crippen LogP contribution in [-0.2, 0) is 9.53 Å². The number of nitrogens with one attached hydrogen (secondary N) is 1. The van der Waals surface area contributed by atoms with Crippen LogP contribution in [0.5, 0.6) is 5.75 Å². The monoisotopic (exact) mass is 489 g/mol. The van der Waals surface area contributed by atoms with Gasteiger partial charge in [0.1, 0.15) is 17.7 Å². The van der Waals surface area contributed by atoms with Crippen molar-refractivity contribution in [2.24, 2.45) is 0 Å². The Labute approximate surface area is 212 Å². The number of likely N-dealkylation sites (tertiary alicyclic amines) is 2. The molecule has 0 aliphatic carbocycles. The van der Waals surface area contributed by atoms with Gasteiger partial charge in [0, 0.05) is 63.1 Å². The molecule has 0 bridgehead atoms. The van der Waals surface area contributed by atoms with Crippen LogP contribution in [0.3, 0.4) is 0 Å². The van der Waals surface area contributed by atoms with Gasteiger partial charge in [-0.2, -0.15) is 0 Å². The molecular weight excluding hydrogens is 454 g/mol. The average Bonchev–Trinajstić information content (AvgIpc) is 3.29. The van der Waals surface area contributed by atoms with E-state index >= 15 is 0 Å². The summed E-state index contributed by atoms with van der Waals surface area (Å²) in [5.74, 6) is 2.30. The summed E-state index contributed by atoms with van der Waals surface area (Å²) in [6.45, 7) is 14.8. The molecule has 1 aromatic carbocycles. The van der Waals surface area contributed by atoms with Crippen LogP contribution >= 0.6 is 0 Å². The molecule has 5 heterocycles. The Bertz CT molecular complexity index is 1170. The first-order valence-electron chi connectivity index (χ1n) is 13.1. The lowest BCUT2D eigenvalue weighted by Gasteiger charge is -2.43. The molecule has 190 valence electrons. The van der Waals surface area contributed by atoms with Gasteiger partial charge in [0.2, 0.25) is 5.91 Å². The summed E-state index contributed by atoms with van der Waals surface area (Å²) in [6, 6.07) is 7.07. The lowest BCUT2D eigenvalue weighted by atomic mass is 9.88. The van der Waals surface area contributed by atoms with E-state index in [-0.39, 0.29) is 12.0 Å². The summed E-state index contributed by atoms with van der Waals surface area (Å²) in [5.41, 5.74) is 5.74. The molecule has 0 radical (unpaired) electrons. The highest BCUT2D eigenvalue weighted by molar-refractivity contribution is 5.87. The smallest absolute Gasteiger partial charge is 0.246 e. The third-order valence-electron chi connectivity index (χ3n) is 8.12. The van der Waals surface area contributed by atoms with E-state index < -0.39 is 0 Å². The van der Waals surface area contributed by atoms with Crippen LogP contribution < -0.4 is 15.0 Å². The third kappa shape index (κ3) is 4.12. The highest BCUT2D eigenvalue weighted by atomic mass is 16.5. The number of fused-ring (bicyclic) bond motifs is 2. The van der Waals surface area contributed by atoms with E-state index in [9.17, 15) is 4.79 Å². The van der Waals surface area contributed by atoms with Gasteiger partial charge in [0.15, 0.2) is 0 Å². The van der Waals surface area contributed by atoms with Crippen LogP contribution in [0, 0.1) is 6.92 Å². The molecule has 4 aliphatic heterocycles. The number of hydrogen-bond acceptors (Lipinski definition) is 7. The van der Waals surface area contributed by atoms with Crippen molar-refractivity contribution in [2.45, 2.75) is 38.3 Å². The standard InChI is InChI=1S/C28H35N5O3/c1-4-25(34)32-8-6-22(17-32)33-15-21(16-33)20-13-18(2)27-23(14-20)30-28-26(19(3)36-27)24(5-7-29-28)31-9-11-35-12-10-31/h4-5,7,13-14,19,21-22H,1,6,8-12,15-17H2,2-3H3,(H,29,30)/t19-,22-/m0/s1. The number of rotatable bonds is 4. The van der Waals surface area contributed by atoms with Crippen molar-refractivity contribution in [3.05, 3.63) is 53.7 Å². The van der Waals surface area contributed by atoms with E-state index in [1.54, 1.807) is 0 Å². The maximum absolute atomic E-state index is 12.0. The highest BCUT2D eigenvalue weighted by Crippen LogP contribution is 2.45. The molecule has 0 unspecified atom stereocenters. The van der Waals surface area contributed by atoms with E-state index in [0.717, 1.165) is 87.3 Å². The number of pyridine rings is 1. The molecule has 6 rings (SSSR count). The summed E-state index contributed by atoms with van der Waals surface area (Å²) in [5, 5.41) is 3.63. The highest BCUT2D eigenvalue weighted by Gasteiger charge is 2.38. The SMILES string of the molecule is C=CC(=O)N1CC[C@H](N2CC(c3cc(C)c4c(c3)Nc3nccc(N5CCOCC5)c3[C@H](C)O4)C2)C1. The number of carbonyl (C=O) groups is 1. The van der Waals surface area contributed by atoms with E-state index in [4.69, 9.17) is 14.5 Å². The van der Waals surface area contributed by atoms with Gasteiger partial charge in [-0.3, -0.25) is 9.69 Å². The summed E-state index contributed by atoms with van der Waals surface area (Å²) < 4.78 is 12.1. The van der Waals surface area contributed by atoms with Crippen molar-refractivity contribution in [1.29, 1.82) is 0 Å². The molecule has 36 heavy (non-hydrogen) atoms. The quantitative estimate of drug-likeness (QED) is 0.658. The molecule has 0 spiro atoms. The van der Waals surface area contributed by atoms with E-state index in [2.05, 4.69) is 53.7 Å². The third-order valence-corrected chi connectivity index (χ3v) is 8.12. The molecule has 1 N–H and O–H groups in total. The fraction of sp³-hybridized carbons (Fsp3) is 0.500. The number of anilines is 3. The number of morpholine rings is 1. The van der Waals surface area contributed by atoms with Gasteiger partial charge in [-0.1, -0.05) is 12.6 Å². The van der Waals surface area contributed by atoms with Crippen LogP contribution in [0.1, 0.15) is 42.1 Å². The van der Waals surface area contributed by atoms with E-state index in [1.165, 1.54) is 17.3 Å². The Hall–Kier alpha value is -3.10. The van der Waals surface area contributed by atoms with Crippen molar-refractivity contribution < 1.29 is 14.3 Å². The van der Waals surface area contributed by atoms with Crippen molar-refractivity contribution in [3.63, 3.8) is 0 Å². The Morgan fingerprint density at radius 3 is 2.78 bits per heavy atom. The summed E-state index contributed by atoms with van der Waals surface area (Å²) in [6.07, 6.45) is 4.23. The second kappa shape index (κ2) is 9.41. The number of hydrogen-bond donors (Lipinski definition) is 1. The fourth-order valence-corrected chi connectivity index (χ4v) is 6.08. The largest absolute Gasteiger partial charge is 0.483 e. The minimum atomic E-state index is -0.118. The van der Waals surface area contributed by atoms with Crippen LogP contribution in [0.25, 0.3) is 0 Å². The van der Waals surface area contributed by atoms with Gasteiger partial charge in [-0.05, 0) is 49.6 Å². The minimum absolute atomic E-state index is 0.0434. The topological polar surface area (TPSA) is 70.2 Å². The second-order valence-corrected chi connectivity index (χ2v) is 10.4. The number of amides is 1. The Morgan fingerprint density at radius 1 is 1.19 bits per heavy atom. The molecular formula is C28H35N5O3. The molecule has 2 aromatic rings. The molecule has 3 fully saturated rings. The molecule has 3 saturated heterocycles. The van der Waals surface area contributed by atoms with Crippen LogP contribution in [-0.4, -0.2) is 79.2 Å². The first kappa shape index (κ1) is 23.3. The second-order valence-electron chi connectivity index (χ2n) is 10.4. The fourth-order valence-electron chi connectivity index (χ4n) is 6.08. The molecule has 2 atom stereocenters. The number of nitrogens with zero attached hydrogens (tertiary/aromatic N) is 4. The number of aryl methyl sites for hydroxylation is 1. The molecule has 0 saturated carbocycles. The molecule has 8 nitrogen and oxygen atoms in total. The van der Waals surface area contributed by atoms with Crippen LogP contribution in [0.15, 0.2) is 37.1 Å². The molecule has 4 aliphatic rings. The van der Waals surface area contributed by atoms with Gasteiger partial charge < -0.3 is 24.6 Å². The van der Waals surface area contributed by atoms with Gasteiger partial charge in [-0.15, -0.1) is 0 Å². The Kier molecular flexibility index (Phi) is 6.09. The number of benzene rings is 1. The zero-order valence-electron chi connectivity index (χ0n) is 21.2. The summed E-state index contributed by atoms with van der Waals surface area (Å²) in [7, 11) is 0. The maximum Gasteiger partial charge on any atom is 0.246 e. The lowest BCUT2D eigenvalue weighted by molar-refractivity contribution is -0.125. The van der Waals surface area contributed by atoms with Crippen molar-refractivity contribution in [1.82, 2.24) is 14.8 Å². The van der Waals surface area contributed by atoms with Crippen molar-refractivity contribution >= 4 is 23.1 Å². The Balaban J connectivity index is 1.21. The molecule has 1 aromatic heterocycles. The van der Waals surface area contributed by atoms with Gasteiger partial charge in [0.05, 0.1) is 24.5 Å². The maximum atomic E-state index is 12.0. The zero-order valence-corrected chi connectivity index (χ0v) is 21.2. The number of aromatic nitrogens is 1. The van der Waals surface area contributed by atoms with E-state index in [1.807, 2.05) is 11.1 Å². The number of carbonyl (C=O) groups excluding carboxylic acids is 1. The van der Waals surface area contributed by atoms with Crippen molar-refractivity contribution in [2.75, 3.05) is 62.7 Å². The summed E-state index contributed by atoms with van der Waals surface area (Å²) in [4.78, 5) is 23.5. The predicted octanol–water partition coefficient (Wildman–Crippen LogP) is 3.61. The first-order valence-corrected chi connectivity index (χ1v) is 13.1. The van der Waals surface area contributed by atoms with Gasteiger partial charge >= 0.3 is 0 Å². The van der Waals surface area contributed by atoms with Gasteiger partial charge in [0.25, 0.3) is 0 Å². The van der Waals surface area contributed by atoms with Crippen LogP contribution in [0.4, 0.5) is 17.2 Å². The van der Waals surface area contributed by atoms with Crippen molar-refractivity contribution in [3.8, 4) is 5.75 Å².